The molecule has 0 radical (unpaired) electrons. The Kier molecular flexibility index (Phi) is 4.01. The second-order valence-electron chi connectivity index (χ2n) is 3.62. The standard InChI is InChI=1S/C13H11F3OS/c14-13(15,16)18-9-8-17-12-7-3-5-10-4-1-2-6-11(10)12/h1-7H,8-9H2. The summed E-state index contributed by atoms with van der Waals surface area (Å²) in [6, 6.07) is 13.1. The number of fused-ring (bicyclic) bond motifs is 1. The molecule has 1 nitrogen and oxygen atoms in total. The van der Waals surface area contributed by atoms with Crippen molar-refractivity contribution in [1.29, 1.82) is 0 Å². The van der Waals surface area contributed by atoms with Crippen molar-refractivity contribution in [2.75, 3.05) is 12.4 Å². The smallest absolute Gasteiger partial charge is 0.441 e. The Balaban J connectivity index is 2.00. The van der Waals surface area contributed by atoms with Gasteiger partial charge in [0, 0.05) is 11.1 Å². The van der Waals surface area contributed by atoms with E-state index in [1.165, 1.54) is 0 Å². The lowest BCUT2D eigenvalue weighted by Gasteiger charge is -2.10. The maximum absolute atomic E-state index is 11.9. The van der Waals surface area contributed by atoms with Crippen LogP contribution in [0.5, 0.6) is 5.75 Å². The summed E-state index contributed by atoms with van der Waals surface area (Å²) in [5, 5.41) is 1.93. The van der Waals surface area contributed by atoms with E-state index in [1.807, 2.05) is 36.4 Å². The van der Waals surface area contributed by atoms with E-state index in [9.17, 15) is 13.2 Å². The first-order chi connectivity index (χ1) is 8.56. The van der Waals surface area contributed by atoms with Crippen LogP contribution in [0.4, 0.5) is 13.2 Å². The van der Waals surface area contributed by atoms with Crippen LogP contribution in [0.3, 0.4) is 0 Å². The van der Waals surface area contributed by atoms with Gasteiger partial charge in [0.25, 0.3) is 0 Å². The molecule has 0 fully saturated rings. The van der Waals surface area contributed by atoms with Crippen LogP contribution in [-0.2, 0) is 0 Å². The highest BCUT2D eigenvalue weighted by Gasteiger charge is 2.27. The molecule has 0 heterocycles. The Bertz CT molecular complexity index is 520. The third-order valence-corrected chi connectivity index (χ3v) is 3.05. The molecular formula is C13H11F3OS. The van der Waals surface area contributed by atoms with E-state index in [1.54, 1.807) is 6.07 Å². The van der Waals surface area contributed by atoms with E-state index in [4.69, 9.17) is 4.74 Å². The van der Waals surface area contributed by atoms with Crippen LogP contribution in [0.2, 0.25) is 0 Å². The number of alkyl halides is 3. The van der Waals surface area contributed by atoms with Gasteiger partial charge in [-0.1, -0.05) is 36.4 Å². The minimum atomic E-state index is -4.19. The van der Waals surface area contributed by atoms with Gasteiger partial charge in [0.05, 0.1) is 6.61 Å². The van der Waals surface area contributed by atoms with Gasteiger partial charge in [-0.2, -0.15) is 13.2 Å². The zero-order valence-electron chi connectivity index (χ0n) is 9.41. The van der Waals surface area contributed by atoms with Crippen molar-refractivity contribution in [2.24, 2.45) is 0 Å². The van der Waals surface area contributed by atoms with Crippen molar-refractivity contribution in [2.45, 2.75) is 5.51 Å². The van der Waals surface area contributed by atoms with E-state index < -0.39 is 5.51 Å². The summed E-state index contributed by atoms with van der Waals surface area (Å²) in [6.07, 6.45) is 0. The molecule has 0 saturated carbocycles. The Morgan fingerprint density at radius 1 is 1.00 bits per heavy atom. The predicted molar refractivity (Wildman–Crippen MR) is 68.0 cm³/mol. The molecule has 0 N–H and O–H groups in total. The molecule has 18 heavy (non-hydrogen) atoms. The molecule has 0 bridgehead atoms. The fraction of sp³-hybridized carbons (Fsp3) is 0.231. The summed E-state index contributed by atoms with van der Waals surface area (Å²) >= 11 is -0.0668. The number of hydrogen-bond donors (Lipinski definition) is 0. The first-order valence-corrected chi connectivity index (χ1v) is 6.36. The Morgan fingerprint density at radius 2 is 1.72 bits per heavy atom. The zero-order valence-corrected chi connectivity index (χ0v) is 10.2. The van der Waals surface area contributed by atoms with Gasteiger partial charge in [0.15, 0.2) is 0 Å². The molecule has 0 aromatic heterocycles. The maximum atomic E-state index is 11.9. The molecule has 2 rings (SSSR count). The van der Waals surface area contributed by atoms with Gasteiger partial charge < -0.3 is 4.74 Å². The summed E-state index contributed by atoms with van der Waals surface area (Å²) in [5.41, 5.74) is -4.19. The maximum Gasteiger partial charge on any atom is 0.441 e. The summed E-state index contributed by atoms with van der Waals surface area (Å²) < 4.78 is 41.2. The highest BCUT2D eigenvalue weighted by Crippen LogP contribution is 2.30. The van der Waals surface area contributed by atoms with E-state index in [0.717, 1.165) is 10.8 Å². The van der Waals surface area contributed by atoms with Gasteiger partial charge in [0.2, 0.25) is 0 Å². The molecule has 0 aliphatic carbocycles. The van der Waals surface area contributed by atoms with E-state index in [0.29, 0.717) is 5.75 Å². The topological polar surface area (TPSA) is 9.23 Å². The largest absolute Gasteiger partial charge is 0.492 e. The molecule has 0 aliphatic rings. The number of benzene rings is 2. The summed E-state index contributed by atoms with van der Waals surface area (Å²) in [4.78, 5) is 0. The van der Waals surface area contributed by atoms with Crippen LogP contribution in [0, 0.1) is 0 Å². The van der Waals surface area contributed by atoms with Gasteiger partial charge in [0.1, 0.15) is 5.75 Å². The molecule has 5 heteroatoms. The zero-order chi connectivity index (χ0) is 13.0. The fourth-order valence-corrected chi connectivity index (χ4v) is 2.03. The molecule has 0 unspecified atom stereocenters. The Hall–Kier alpha value is -1.36. The third kappa shape index (κ3) is 3.57. The van der Waals surface area contributed by atoms with Crippen LogP contribution >= 0.6 is 11.8 Å². The molecule has 0 atom stereocenters. The first-order valence-electron chi connectivity index (χ1n) is 5.37. The average Bonchev–Trinajstić information content (AvgIpc) is 2.33. The third-order valence-electron chi connectivity index (χ3n) is 2.36. The van der Waals surface area contributed by atoms with Crippen LogP contribution in [-0.4, -0.2) is 17.9 Å². The molecule has 0 amide bonds. The lowest BCUT2D eigenvalue weighted by molar-refractivity contribution is -0.0329. The summed E-state index contributed by atoms with van der Waals surface area (Å²) in [7, 11) is 0. The number of halogens is 3. The van der Waals surface area contributed by atoms with Crippen molar-refractivity contribution in [1.82, 2.24) is 0 Å². The minimum Gasteiger partial charge on any atom is -0.492 e. The monoisotopic (exact) mass is 272 g/mol. The second kappa shape index (κ2) is 5.52. The SMILES string of the molecule is FC(F)(F)SCCOc1cccc2ccccc12. The molecular weight excluding hydrogens is 261 g/mol. The van der Waals surface area contributed by atoms with E-state index in [2.05, 4.69) is 0 Å². The molecule has 96 valence electrons. The van der Waals surface area contributed by atoms with Gasteiger partial charge >= 0.3 is 5.51 Å². The average molecular weight is 272 g/mol. The van der Waals surface area contributed by atoms with Crippen LogP contribution in [0.25, 0.3) is 10.8 Å². The molecule has 0 aliphatic heterocycles. The summed E-state index contributed by atoms with van der Waals surface area (Å²) in [6.45, 7) is 0.0399. The molecule has 2 aromatic rings. The van der Waals surface area contributed by atoms with E-state index >= 15 is 0 Å². The van der Waals surface area contributed by atoms with Crippen LogP contribution < -0.4 is 4.74 Å². The number of rotatable bonds is 4. The molecule has 0 saturated heterocycles. The summed E-state index contributed by atoms with van der Waals surface area (Å²) in [5.74, 6) is 0.517. The van der Waals surface area contributed by atoms with Crippen LogP contribution in [0.1, 0.15) is 0 Å². The van der Waals surface area contributed by atoms with Gasteiger partial charge in [-0.3, -0.25) is 0 Å². The molecule has 2 aromatic carbocycles. The molecule has 0 spiro atoms. The predicted octanol–water partition coefficient (Wildman–Crippen LogP) is 4.47. The first kappa shape index (κ1) is 13.1. The van der Waals surface area contributed by atoms with Gasteiger partial charge in [-0.05, 0) is 23.2 Å². The number of thioether (sulfide) groups is 1. The second-order valence-corrected chi connectivity index (χ2v) is 4.78. The highest BCUT2D eigenvalue weighted by atomic mass is 32.2. The lowest BCUT2D eigenvalue weighted by Crippen LogP contribution is -2.07. The van der Waals surface area contributed by atoms with Crippen molar-refractivity contribution in [3.63, 3.8) is 0 Å². The Labute approximate surface area is 107 Å². The number of ether oxygens (including phenoxy) is 1. The normalized spacial score (nSPS) is 11.7. The highest BCUT2D eigenvalue weighted by molar-refractivity contribution is 8.00. The van der Waals surface area contributed by atoms with Gasteiger partial charge in [-0.25, -0.2) is 0 Å². The minimum absolute atomic E-state index is 0.0399. The van der Waals surface area contributed by atoms with Crippen LogP contribution in [0.15, 0.2) is 42.5 Å². The van der Waals surface area contributed by atoms with Crippen molar-refractivity contribution in [3.8, 4) is 5.75 Å². The van der Waals surface area contributed by atoms with Crippen molar-refractivity contribution < 1.29 is 17.9 Å². The van der Waals surface area contributed by atoms with E-state index in [-0.39, 0.29) is 24.1 Å². The Morgan fingerprint density at radius 3 is 2.50 bits per heavy atom. The quantitative estimate of drug-likeness (QED) is 0.759. The lowest BCUT2D eigenvalue weighted by atomic mass is 10.1. The van der Waals surface area contributed by atoms with Crippen molar-refractivity contribution >= 4 is 22.5 Å². The van der Waals surface area contributed by atoms with Crippen molar-refractivity contribution in [3.05, 3.63) is 42.5 Å². The number of hydrogen-bond acceptors (Lipinski definition) is 2. The van der Waals surface area contributed by atoms with Gasteiger partial charge in [-0.15, -0.1) is 0 Å². The fourth-order valence-electron chi connectivity index (χ4n) is 1.63.